The first-order chi connectivity index (χ1) is 5.66. The van der Waals surface area contributed by atoms with Gasteiger partial charge in [-0.05, 0) is 20.8 Å². The largest absolute Gasteiger partial charge is 0.309 e. The summed E-state index contributed by atoms with van der Waals surface area (Å²) in [5.74, 6) is 0. The van der Waals surface area contributed by atoms with Gasteiger partial charge in [-0.15, -0.1) is 0 Å². The molecule has 0 aromatic carbocycles. The molecule has 0 amide bonds. The van der Waals surface area contributed by atoms with Gasteiger partial charge >= 0.3 is 0 Å². The van der Waals surface area contributed by atoms with Gasteiger partial charge < -0.3 is 5.32 Å². The van der Waals surface area contributed by atoms with Crippen LogP contribution in [0.2, 0.25) is 0 Å². The van der Waals surface area contributed by atoms with Crippen LogP contribution in [0.15, 0.2) is 0 Å². The van der Waals surface area contributed by atoms with Gasteiger partial charge in [0.1, 0.15) is 6.67 Å². The lowest BCUT2D eigenvalue weighted by atomic mass is 10.1. The van der Waals surface area contributed by atoms with E-state index in [-0.39, 0.29) is 12.7 Å². The molecule has 2 unspecified atom stereocenters. The molecule has 0 aliphatic carbocycles. The van der Waals surface area contributed by atoms with Gasteiger partial charge in [-0.3, -0.25) is 4.90 Å². The van der Waals surface area contributed by atoms with Crippen molar-refractivity contribution in [3.8, 4) is 0 Å². The van der Waals surface area contributed by atoms with E-state index in [2.05, 4.69) is 31.0 Å². The molecule has 0 bridgehead atoms. The summed E-state index contributed by atoms with van der Waals surface area (Å²) in [6.45, 7) is 8.11. The van der Waals surface area contributed by atoms with E-state index in [0.29, 0.717) is 12.1 Å². The van der Waals surface area contributed by atoms with Crippen molar-refractivity contribution in [2.45, 2.75) is 38.9 Å². The fourth-order valence-electron chi connectivity index (χ4n) is 1.90. The van der Waals surface area contributed by atoms with E-state index >= 15 is 0 Å². The van der Waals surface area contributed by atoms with Gasteiger partial charge in [0.15, 0.2) is 0 Å². The summed E-state index contributed by atoms with van der Waals surface area (Å²) in [5.41, 5.74) is 0. The van der Waals surface area contributed by atoms with Crippen molar-refractivity contribution in [3.05, 3.63) is 0 Å². The van der Waals surface area contributed by atoms with E-state index in [0.717, 1.165) is 13.1 Å². The fraction of sp³-hybridized carbons (Fsp3) is 1.00. The van der Waals surface area contributed by atoms with Crippen LogP contribution in [-0.2, 0) is 0 Å². The Morgan fingerprint density at radius 3 is 2.75 bits per heavy atom. The minimum absolute atomic E-state index is 0.0288. The Balaban J connectivity index is 2.53. The number of piperazine rings is 1. The normalized spacial score (nSPS) is 32.8. The summed E-state index contributed by atoms with van der Waals surface area (Å²) in [4.78, 5) is 2.35. The molecule has 1 aliphatic rings. The maximum Gasteiger partial charge on any atom is 0.106 e. The number of rotatable bonds is 2. The molecule has 12 heavy (non-hydrogen) atoms. The van der Waals surface area contributed by atoms with Crippen LogP contribution in [0.3, 0.4) is 0 Å². The molecule has 72 valence electrons. The first-order valence-electron chi connectivity index (χ1n) is 4.72. The molecule has 1 aliphatic heterocycles. The highest BCUT2D eigenvalue weighted by Gasteiger charge is 2.28. The SMILES string of the molecule is CC(C)N1CCNC(CF)C1C. The van der Waals surface area contributed by atoms with Crippen molar-refractivity contribution in [1.29, 1.82) is 0 Å². The Labute approximate surface area is 74.1 Å². The van der Waals surface area contributed by atoms with Crippen LogP contribution in [-0.4, -0.2) is 42.8 Å². The van der Waals surface area contributed by atoms with E-state index in [1.54, 1.807) is 0 Å². The summed E-state index contributed by atoms with van der Waals surface area (Å²) in [6, 6.07) is 0.876. The lowest BCUT2D eigenvalue weighted by molar-refractivity contribution is 0.0881. The lowest BCUT2D eigenvalue weighted by Crippen LogP contribution is -2.59. The van der Waals surface area contributed by atoms with Crippen molar-refractivity contribution in [1.82, 2.24) is 10.2 Å². The maximum atomic E-state index is 12.5. The molecule has 0 aromatic rings. The Morgan fingerprint density at radius 2 is 2.25 bits per heavy atom. The van der Waals surface area contributed by atoms with Crippen LogP contribution in [0, 0.1) is 0 Å². The molecule has 0 aromatic heterocycles. The molecule has 0 radical (unpaired) electrons. The highest BCUT2D eigenvalue weighted by atomic mass is 19.1. The number of hydrogen-bond donors (Lipinski definition) is 1. The van der Waals surface area contributed by atoms with Crippen LogP contribution < -0.4 is 5.32 Å². The highest BCUT2D eigenvalue weighted by Crippen LogP contribution is 2.12. The molecule has 1 heterocycles. The number of halogens is 1. The van der Waals surface area contributed by atoms with Crippen LogP contribution in [0.5, 0.6) is 0 Å². The van der Waals surface area contributed by atoms with Crippen molar-refractivity contribution >= 4 is 0 Å². The monoisotopic (exact) mass is 174 g/mol. The molecule has 0 spiro atoms. The average Bonchev–Trinajstić information content (AvgIpc) is 2.04. The van der Waals surface area contributed by atoms with Gasteiger partial charge in [0.25, 0.3) is 0 Å². The number of hydrogen-bond acceptors (Lipinski definition) is 2. The standard InChI is InChI=1S/C9H19FN2/c1-7(2)12-5-4-11-9(6-10)8(12)3/h7-9,11H,4-6H2,1-3H3. The second-order valence-electron chi connectivity index (χ2n) is 3.79. The first kappa shape index (κ1) is 9.93. The van der Waals surface area contributed by atoms with Gasteiger partial charge in [0.05, 0.1) is 6.04 Å². The molecule has 2 nitrogen and oxygen atoms in total. The lowest BCUT2D eigenvalue weighted by Gasteiger charge is -2.41. The van der Waals surface area contributed by atoms with E-state index in [9.17, 15) is 4.39 Å². The average molecular weight is 174 g/mol. The van der Waals surface area contributed by atoms with Crippen molar-refractivity contribution in [3.63, 3.8) is 0 Å². The molecule has 3 heteroatoms. The second kappa shape index (κ2) is 4.19. The summed E-state index contributed by atoms with van der Waals surface area (Å²) in [6.07, 6.45) is 0. The molecule has 1 rings (SSSR count). The predicted octanol–water partition coefficient (Wildman–Crippen LogP) is 1.03. The molecule has 0 saturated carbocycles. The molecular weight excluding hydrogens is 155 g/mol. The Morgan fingerprint density at radius 1 is 1.58 bits per heavy atom. The van der Waals surface area contributed by atoms with Gasteiger partial charge in [-0.25, -0.2) is 4.39 Å². The minimum Gasteiger partial charge on any atom is -0.309 e. The minimum atomic E-state index is -0.260. The molecule has 1 saturated heterocycles. The first-order valence-corrected chi connectivity index (χ1v) is 4.72. The summed E-state index contributed by atoms with van der Waals surface area (Å²) < 4.78 is 12.5. The Hall–Kier alpha value is -0.150. The van der Waals surface area contributed by atoms with E-state index in [1.165, 1.54) is 0 Å². The smallest absolute Gasteiger partial charge is 0.106 e. The number of nitrogens with zero attached hydrogens (tertiary/aromatic N) is 1. The topological polar surface area (TPSA) is 15.3 Å². The third kappa shape index (κ3) is 1.96. The van der Waals surface area contributed by atoms with Crippen LogP contribution in [0.1, 0.15) is 20.8 Å². The molecular formula is C9H19FN2. The maximum absolute atomic E-state index is 12.5. The molecule has 2 atom stereocenters. The van der Waals surface area contributed by atoms with Crippen LogP contribution in [0.25, 0.3) is 0 Å². The van der Waals surface area contributed by atoms with Crippen molar-refractivity contribution < 1.29 is 4.39 Å². The van der Waals surface area contributed by atoms with Gasteiger partial charge in [-0.1, -0.05) is 0 Å². The third-order valence-electron chi connectivity index (χ3n) is 2.71. The zero-order valence-corrected chi connectivity index (χ0v) is 8.18. The van der Waals surface area contributed by atoms with E-state index in [4.69, 9.17) is 0 Å². The van der Waals surface area contributed by atoms with Crippen LogP contribution >= 0.6 is 0 Å². The summed E-state index contributed by atoms with van der Waals surface area (Å²) in [7, 11) is 0. The highest BCUT2D eigenvalue weighted by molar-refractivity contribution is 4.87. The van der Waals surface area contributed by atoms with E-state index < -0.39 is 0 Å². The van der Waals surface area contributed by atoms with E-state index in [1.807, 2.05) is 0 Å². The third-order valence-corrected chi connectivity index (χ3v) is 2.71. The van der Waals surface area contributed by atoms with Crippen LogP contribution in [0.4, 0.5) is 4.39 Å². The van der Waals surface area contributed by atoms with Gasteiger partial charge in [-0.2, -0.15) is 0 Å². The fourth-order valence-corrected chi connectivity index (χ4v) is 1.90. The Kier molecular flexibility index (Phi) is 3.47. The van der Waals surface area contributed by atoms with Crippen molar-refractivity contribution in [2.24, 2.45) is 0 Å². The van der Waals surface area contributed by atoms with Gasteiger partial charge in [0.2, 0.25) is 0 Å². The number of nitrogens with one attached hydrogen (secondary N) is 1. The zero-order chi connectivity index (χ0) is 9.14. The number of alkyl halides is 1. The summed E-state index contributed by atoms with van der Waals surface area (Å²) >= 11 is 0. The van der Waals surface area contributed by atoms with Gasteiger partial charge in [0, 0.05) is 25.2 Å². The zero-order valence-electron chi connectivity index (χ0n) is 8.18. The molecule has 1 N–H and O–H groups in total. The summed E-state index contributed by atoms with van der Waals surface area (Å²) in [5, 5.41) is 3.19. The molecule has 1 fully saturated rings. The Bertz CT molecular complexity index is 138. The second-order valence-corrected chi connectivity index (χ2v) is 3.79. The quantitative estimate of drug-likeness (QED) is 0.672. The van der Waals surface area contributed by atoms with Crippen molar-refractivity contribution in [2.75, 3.05) is 19.8 Å². The predicted molar refractivity (Wildman–Crippen MR) is 49.1 cm³/mol.